The largest absolute Gasteiger partial charge is 0.351 e. The molecule has 0 aromatic carbocycles. The first kappa shape index (κ1) is 11.3. The summed E-state index contributed by atoms with van der Waals surface area (Å²) in [5.74, 6) is 0.430. The van der Waals surface area contributed by atoms with Crippen LogP contribution in [0, 0.1) is 0 Å². The lowest BCUT2D eigenvalue weighted by atomic mass is 10.5. The molecule has 0 fully saturated rings. The average Bonchev–Trinajstić information content (AvgIpc) is 2.62. The van der Waals surface area contributed by atoms with Crippen LogP contribution in [0.5, 0.6) is 0 Å². The Labute approximate surface area is 99.0 Å². The quantitative estimate of drug-likeness (QED) is 0.869. The van der Waals surface area contributed by atoms with Gasteiger partial charge in [-0.25, -0.2) is 18.7 Å². The molecule has 0 amide bonds. The number of alkyl halides is 2. The van der Waals surface area contributed by atoms with Gasteiger partial charge < -0.3 is 9.30 Å². The van der Waals surface area contributed by atoms with Crippen LogP contribution in [0.1, 0.15) is 0 Å². The number of nitrogens with zero attached hydrogens (tertiary/aromatic N) is 4. The monoisotopic (exact) mass is 290 g/mol. The Bertz CT molecular complexity index is 499. The molecule has 0 saturated heterocycles. The Morgan fingerprint density at radius 1 is 1.56 bits per heavy atom. The number of anilines is 1. The van der Waals surface area contributed by atoms with Gasteiger partial charge in [0.2, 0.25) is 0 Å². The molecule has 0 unspecified atom stereocenters. The van der Waals surface area contributed by atoms with Gasteiger partial charge in [-0.2, -0.15) is 0 Å². The Hall–Kier alpha value is -1.24. The third-order valence-corrected chi connectivity index (χ3v) is 2.48. The second kappa shape index (κ2) is 4.32. The summed E-state index contributed by atoms with van der Waals surface area (Å²) in [4.78, 5) is 9.62. The molecule has 2 heterocycles. The highest BCUT2D eigenvalue weighted by atomic mass is 79.9. The molecule has 0 aliphatic carbocycles. The van der Waals surface area contributed by atoms with Crippen molar-refractivity contribution >= 4 is 27.4 Å². The van der Waals surface area contributed by atoms with Gasteiger partial charge in [0.05, 0.1) is 6.54 Å². The topological polar surface area (TPSA) is 33.4 Å². The summed E-state index contributed by atoms with van der Waals surface area (Å²) in [6.45, 7) is -0.369. The van der Waals surface area contributed by atoms with E-state index >= 15 is 0 Å². The van der Waals surface area contributed by atoms with E-state index in [1.54, 1.807) is 30.0 Å². The van der Waals surface area contributed by atoms with Gasteiger partial charge in [-0.05, 0) is 15.9 Å². The van der Waals surface area contributed by atoms with Crippen LogP contribution in [0.2, 0.25) is 0 Å². The van der Waals surface area contributed by atoms with E-state index < -0.39 is 6.43 Å². The van der Waals surface area contributed by atoms with Gasteiger partial charge in [0.15, 0.2) is 11.5 Å². The molecule has 2 aromatic heterocycles. The predicted octanol–water partition coefficient (Wildman–Crippen LogP) is 2.19. The maximum Gasteiger partial charge on any atom is 0.255 e. The molecular weight excluding hydrogens is 282 g/mol. The third-order valence-electron chi connectivity index (χ3n) is 2.10. The van der Waals surface area contributed by atoms with Gasteiger partial charge in [-0.15, -0.1) is 0 Å². The number of fused-ring (bicyclic) bond motifs is 1. The Balaban J connectivity index is 2.45. The maximum atomic E-state index is 12.3. The molecule has 0 radical (unpaired) electrons. The Morgan fingerprint density at radius 3 is 3.00 bits per heavy atom. The SMILES string of the molecule is CN(CC(F)F)c1nc(Br)cn2ccnc12. The highest BCUT2D eigenvalue weighted by Crippen LogP contribution is 2.20. The van der Waals surface area contributed by atoms with Gasteiger partial charge in [0.1, 0.15) is 4.60 Å². The van der Waals surface area contributed by atoms with Crippen molar-refractivity contribution in [2.24, 2.45) is 0 Å². The molecule has 16 heavy (non-hydrogen) atoms. The van der Waals surface area contributed by atoms with Gasteiger partial charge in [0, 0.05) is 25.6 Å². The fourth-order valence-electron chi connectivity index (χ4n) is 1.43. The van der Waals surface area contributed by atoms with Crippen molar-refractivity contribution in [3.05, 3.63) is 23.2 Å². The molecule has 2 rings (SSSR count). The fourth-order valence-corrected chi connectivity index (χ4v) is 1.82. The van der Waals surface area contributed by atoms with E-state index in [0.29, 0.717) is 16.1 Å². The summed E-state index contributed by atoms with van der Waals surface area (Å²) in [5, 5.41) is 0. The molecule has 86 valence electrons. The second-order valence-corrected chi connectivity index (χ2v) is 4.13. The zero-order valence-corrected chi connectivity index (χ0v) is 10.0. The lowest BCUT2D eigenvalue weighted by molar-refractivity contribution is 0.156. The van der Waals surface area contributed by atoms with Crippen molar-refractivity contribution in [2.45, 2.75) is 6.43 Å². The van der Waals surface area contributed by atoms with Gasteiger partial charge in [-0.1, -0.05) is 0 Å². The molecule has 0 spiro atoms. The number of hydrogen-bond donors (Lipinski definition) is 0. The molecule has 0 N–H and O–H groups in total. The number of hydrogen-bond acceptors (Lipinski definition) is 3. The number of rotatable bonds is 3. The van der Waals surface area contributed by atoms with Crippen molar-refractivity contribution in [3.63, 3.8) is 0 Å². The van der Waals surface area contributed by atoms with Crippen molar-refractivity contribution in [1.82, 2.24) is 14.4 Å². The normalized spacial score (nSPS) is 11.3. The summed E-state index contributed by atoms with van der Waals surface area (Å²) in [5.41, 5.74) is 0.561. The van der Waals surface area contributed by atoms with Crippen molar-refractivity contribution in [2.75, 3.05) is 18.5 Å². The first-order valence-corrected chi connectivity index (χ1v) is 5.35. The lowest BCUT2D eigenvalue weighted by Crippen LogP contribution is -2.25. The van der Waals surface area contributed by atoms with Crippen LogP contribution in [0.25, 0.3) is 5.65 Å². The van der Waals surface area contributed by atoms with E-state index in [4.69, 9.17) is 0 Å². The van der Waals surface area contributed by atoms with Crippen LogP contribution in [0.15, 0.2) is 23.2 Å². The third kappa shape index (κ3) is 2.13. The minimum absolute atomic E-state index is 0.369. The summed E-state index contributed by atoms with van der Waals surface area (Å²) in [6.07, 6.45) is 2.66. The maximum absolute atomic E-state index is 12.3. The van der Waals surface area contributed by atoms with Crippen LogP contribution >= 0.6 is 15.9 Å². The second-order valence-electron chi connectivity index (χ2n) is 3.32. The zero-order valence-electron chi connectivity index (χ0n) is 8.44. The van der Waals surface area contributed by atoms with E-state index in [-0.39, 0.29) is 6.54 Å². The van der Waals surface area contributed by atoms with E-state index in [2.05, 4.69) is 25.9 Å². The molecule has 0 saturated carbocycles. The zero-order chi connectivity index (χ0) is 11.7. The summed E-state index contributed by atoms with van der Waals surface area (Å²) in [7, 11) is 1.57. The van der Waals surface area contributed by atoms with Crippen LogP contribution in [-0.2, 0) is 0 Å². The summed E-state index contributed by atoms with van der Waals surface area (Å²) >= 11 is 3.23. The molecule has 0 aliphatic heterocycles. The summed E-state index contributed by atoms with van der Waals surface area (Å²) in [6, 6.07) is 0. The van der Waals surface area contributed by atoms with E-state index in [9.17, 15) is 8.78 Å². The van der Waals surface area contributed by atoms with Gasteiger partial charge in [0.25, 0.3) is 6.43 Å². The fraction of sp³-hybridized carbons (Fsp3) is 0.333. The Morgan fingerprint density at radius 2 is 2.31 bits per heavy atom. The van der Waals surface area contributed by atoms with Crippen molar-refractivity contribution in [3.8, 4) is 0 Å². The first-order chi connectivity index (χ1) is 7.58. The first-order valence-electron chi connectivity index (χ1n) is 4.56. The van der Waals surface area contributed by atoms with E-state index in [1.807, 2.05) is 0 Å². The molecule has 0 atom stereocenters. The minimum atomic E-state index is -2.40. The summed E-state index contributed by atoms with van der Waals surface area (Å²) < 4.78 is 26.9. The smallest absolute Gasteiger partial charge is 0.255 e. The minimum Gasteiger partial charge on any atom is -0.351 e. The molecule has 7 heteroatoms. The average molecular weight is 291 g/mol. The van der Waals surface area contributed by atoms with E-state index in [1.165, 1.54) is 4.90 Å². The standard InChI is InChI=1S/C9H9BrF2N4/c1-15(5-7(11)12)9-8-13-2-3-16(8)4-6(10)14-9/h2-4,7H,5H2,1H3. The molecule has 0 aliphatic rings. The van der Waals surface area contributed by atoms with E-state index in [0.717, 1.165) is 0 Å². The van der Waals surface area contributed by atoms with Crippen LogP contribution in [0.4, 0.5) is 14.6 Å². The van der Waals surface area contributed by atoms with Gasteiger partial charge in [-0.3, -0.25) is 0 Å². The highest BCUT2D eigenvalue weighted by Gasteiger charge is 2.14. The van der Waals surface area contributed by atoms with Crippen molar-refractivity contribution < 1.29 is 8.78 Å². The van der Waals surface area contributed by atoms with Crippen molar-refractivity contribution in [1.29, 1.82) is 0 Å². The molecule has 4 nitrogen and oxygen atoms in total. The number of halogens is 3. The number of aromatic nitrogens is 3. The van der Waals surface area contributed by atoms with Crippen LogP contribution in [-0.4, -0.2) is 34.4 Å². The Kier molecular flexibility index (Phi) is 3.04. The molecule has 0 bridgehead atoms. The predicted molar refractivity (Wildman–Crippen MR) is 60.0 cm³/mol. The number of imidazole rings is 1. The molecule has 2 aromatic rings. The lowest BCUT2D eigenvalue weighted by Gasteiger charge is -2.18. The molecular formula is C9H9BrF2N4. The van der Waals surface area contributed by atoms with Crippen LogP contribution in [0.3, 0.4) is 0 Å². The van der Waals surface area contributed by atoms with Crippen LogP contribution < -0.4 is 4.90 Å². The highest BCUT2D eigenvalue weighted by molar-refractivity contribution is 9.10. The van der Waals surface area contributed by atoms with Gasteiger partial charge >= 0.3 is 0 Å².